The summed E-state index contributed by atoms with van der Waals surface area (Å²) in [6.07, 6.45) is 0. The smallest absolute Gasteiger partial charge is 0.330 e. The monoisotopic (exact) mass is 273 g/mol. The number of carbonyl (C=O) groups is 1. The van der Waals surface area contributed by atoms with Crippen molar-refractivity contribution in [1.29, 1.82) is 0 Å². The second-order valence-electron chi connectivity index (χ2n) is 4.17. The maximum Gasteiger partial charge on any atom is 0.330 e. The van der Waals surface area contributed by atoms with E-state index in [2.05, 4.69) is 15.3 Å². The number of anilines is 1. The van der Waals surface area contributed by atoms with Crippen LogP contribution < -0.4 is 10.1 Å². The number of benzene rings is 1. The Morgan fingerprint density at radius 3 is 2.60 bits per heavy atom. The van der Waals surface area contributed by atoms with Gasteiger partial charge in [0.15, 0.2) is 6.04 Å². The number of carboxylic acids is 1. The lowest BCUT2D eigenvalue weighted by Crippen LogP contribution is -2.21. The van der Waals surface area contributed by atoms with Gasteiger partial charge in [0.2, 0.25) is 5.88 Å². The molecule has 0 saturated carbocycles. The van der Waals surface area contributed by atoms with E-state index in [1.807, 2.05) is 6.07 Å². The van der Waals surface area contributed by atoms with Crippen molar-refractivity contribution in [2.45, 2.75) is 13.0 Å². The fourth-order valence-electron chi connectivity index (χ4n) is 1.80. The molecule has 6 heteroatoms. The van der Waals surface area contributed by atoms with Gasteiger partial charge < -0.3 is 15.2 Å². The zero-order valence-corrected chi connectivity index (χ0v) is 11.2. The number of ether oxygens (including phenoxy) is 1. The predicted octanol–water partition coefficient (Wildman–Crippen LogP) is 2.03. The first-order valence-corrected chi connectivity index (χ1v) is 6.04. The van der Waals surface area contributed by atoms with Gasteiger partial charge in [-0.1, -0.05) is 30.3 Å². The number of aromatic nitrogens is 2. The number of rotatable bonds is 5. The third-order valence-electron chi connectivity index (χ3n) is 2.70. The highest BCUT2D eigenvalue weighted by Crippen LogP contribution is 2.20. The number of hydrogen-bond donors (Lipinski definition) is 2. The fourth-order valence-corrected chi connectivity index (χ4v) is 1.80. The van der Waals surface area contributed by atoms with Crippen LogP contribution in [0.2, 0.25) is 0 Å². The van der Waals surface area contributed by atoms with Gasteiger partial charge >= 0.3 is 5.97 Å². The molecule has 0 saturated heterocycles. The normalized spacial score (nSPS) is 11.7. The molecule has 104 valence electrons. The molecule has 0 bridgehead atoms. The molecular weight excluding hydrogens is 258 g/mol. The molecule has 20 heavy (non-hydrogen) atoms. The number of aliphatic carboxylic acids is 1. The zero-order chi connectivity index (χ0) is 14.5. The minimum atomic E-state index is -0.980. The highest BCUT2D eigenvalue weighted by molar-refractivity contribution is 5.78. The van der Waals surface area contributed by atoms with Crippen molar-refractivity contribution in [3.05, 3.63) is 47.8 Å². The van der Waals surface area contributed by atoms with E-state index < -0.39 is 12.0 Å². The summed E-state index contributed by atoms with van der Waals surface area (Å²) in [7, 11) is 1.50. The van der Waals surface area contributed by atoms with Crippen LogP contribution in [0.15, 0.2) is 36.4 Å². The molecule has 0 aliphatic carbocycles. The Labute approximate surface area is 116 Å². The first-order valence-electron chi connectivity index (χ1n) is 6.04. The van der Waals surface area contributed by atoms with E-state index >= 15 is 0 Å². The van der Waals surface area contributed by atoms with Gasteiger partial charge in [-0.15, -0.1) is 0 Å². The molecule has 6 nitrogen and oxygen atoms in total. The molecule has 0 spiro atoms. The number of hydrogen-bond acceptors (Lipinski definition) is 5. The van der Waals surface area contributed by atoms with Crippen LogP contribution in [0.1, 0.15) is 17.4 Å². The van der Waals surface area contributed by atoms with Crippen molar-refractivity contribution in [2.24, 2.45) is 0 Å². The number of nitrogens with one attached hydrogen (secondary N) is 1. The first kappa shape index (κ1) is 13.8. The molecule has 2 aromatic rings. The Balaban J connectivity index is 2.29. The number of aryl methyl sites for hydroxylation is 1. The van der Waals surface area contributed by atoms with Crippen molar-refractivity contribution in [3.63, 3.8) is 0 Å². The third kappa shape index (κ3) is 3.23. The Bertz CT molecular complexity index is 602. The summed E-state index contributed by atoms with van der Waals surface area (Å²) >= 11 is 0. The van der Waals surface area contributed by atoms with Crippen molar-refractivity contribution >= 4 is 11.8 Å². The SMILES string of the molecule is COc1cc(NC(C(=O)O)c2ccccc2)nc(C)n1. The summed E-state index contributed by atoms with van der Waals surface area (Å²) in [5, 5.41) is 12.2. The highest BCUT2D eigenvalue weighted by atomic mass is 16.5. The molecule has 2 rings (SSSR count). The molecule has 1 heterocycles. The Kier molecular flexibility index (Phi) is 4.14. The fraction of sp³-hybridized carbons (Fsp3) is 0.214. The average Bonchev–Trinajstić information content (AvgIpc) is 2.44. The molecule has 0 aliphatic rings. The van der Waals surface area contributed by atoms with E-state index in [1.165, 1.54) is 7.11 Å². The minimum absolute atomic E-state index is 0.386. The maximum atomic E-state index is 11.4. The predicted molar refractivity (Wildman–Crippen MR) is 73.8 cm³/mol. The van der Waals surface area contributed by atoms with Crippen LogP contribution in [-0.2, 0) is 4.79 Å². The molecule has 1 unspecified atom stereocenters. The van der Waals surface area contributed by atoms with Crippen LogP contribution in [0, 0.1) is 6.92 Å². The van der Waals surface area contributed by atoms with Crippen molar-refractivity contribution in [2.75, 3.05) is 12.4 Å². The van der Waals surface area contributed by atoms with Crippen molar-refractivity contribution in [1.82, 2.24) is 9.97 Å². The van der Waals surface area contributed by atoms with Gasteiger partial charge in [-0.2, -0.15) is 4.98 Å². The van der Waals surface area contributed by atoms with Gasteiger partial charge in [0.05, 0.1) is 7.11 Å². The van der Waals surface area contributed by atoms with Crippen LogP contribution in [0.5, 0.6) is 5.88 Å². The zero-order valence-electron chi connectivity index (χ0n) is 11.2. The molecule has 2 N–H and O–H groups in total. The topological polar surface area (TPSA) is 84.3 Å². The minimum Gasteiger partial charge on any atom is -0.481 e. The van der Waals surface area contributed by atoms with E-state index in [0.717, 1.165) is 0 Å². The Morgan fingerprint density at radius 2 is 2.00 bits per heavy atom. The lowest BCUT2D eigenvalue weighted by Gasteiger charge is -2.16. The molecule has 0 amide bonds. The summed E-state index contributed by atoms with van der Waals surface area (Å²) in [5.41, 5.74) is 0.648. The maximum absolute atomic E-state index is 11.4. The Morgan fingerprint density at radius 1 is 1.30 bits per heavy atom. The summed E-state index contributed by atoms with van der Waals surface area (Å²) in [6, 6.07) is 9.59. The first-order chi connectivity index (χ1) is 9.60. The average molecular weight is 273 g/mol. The highest BCUT2D eigenvalue weighted by Gasteiger charge is 2.20. The molecular formula is C14H15N3O3. The molecule has 0 radical (unpaired) electrons. The van der Waals surface area contributed by atoms with E-state index in [4.69, 9.17) is 4.74 Å². The van der Waals surface area contributed by atoms with Crippen LogP contribution in [0.25, 0.3) is 0 Å². The van der Waals surface area contributed by atoms with Gasteiger partial charge in [-0.25, -0.2) is 9.78 Å². The summed E-state index contributed by atoms with van der Waals surface area (Å²) in [4.78, 5) is 19.6. The van der Waals surface area contributed by atoms with Crippen LogP contribution >= 0.6 is 0 Å². The summed E-state index contributed by atoms with van der Waals surface area (Å²) in [6.45, 7) is 1.71. The second kappa shape index (κ2) is 6.01. The quantitative estimate of drug-likeness (QED) is 0.867. The third-order valence-corrected chi connectivity index (χ3v) is 2.70. The molecule has 1 aromatic heterocycles. The van der Waals surface area contributed by atoms with E-state index in [0.29, 0.717) is 23.1 Å². The van der Waals surface area contributed by atoms with Gasteiger partial charge in [-0.3, -0.25) is 0 Å². The van der Waals surface area contributed by atoms with Crippen molar-refractivity contribution < 1.29 is 14.6 Å². The molecule has 0 fully saturated rings. The molecule has 1 atom stereocenters. The van der Waals surface area contributed by atoms with E-state index in [9.17, 15) is 9.90 Å². The summed E-state index contributed by atoms with van der Waals surface area (Å²) < 4.78 is 5.04. The van der Waals surface area contributed by atoms with E-state index in [-0.39, 0.29) is 0 Å². The lowest BCUT2D eigenvalue weighted by atomic mass is 10.1. The van der Waals surface area contributed by atoms with E-state index in [1.54, 1.807) is 37.3 Å². The Hall–Kier alpha value is -2.63. The van der Waals surface area contributed by atoms with Gasteiger partial charge in [0.25, 0.3) is 0 Å². The van der Waals surface area contributed by atoms with Crippen LogP contribution in [-0.4, -0.2) is 28.2 Å². The van der Waals surface area contributed by atoms with Gasteiger partial charge in [0, 0.05) is 6.07 Å². The number of methoxy groups -OCH3 is 1. The number of nitrogens with zero attached hydrogens (tertiary/aromatic N) is 2. The second-order valence-corrected chi connectivity index (χ2v) is 4.17. The standard InChI is InChI=1S/C14H15N3O3/c1-9-15-11(8-12(16-9)20-2)17-13(14(18)19)10-6-4-3-5-7-10/h3-8,13H,1-2H3,(H,18,19)(H,15,16,17). The number of carboxylic acid groups (broad SMARTS) is 1. The lowest BCUT2D eigenvalue weighted by molar-refractivity contribution is -0.138. The van der Waals surface area contributed by atoms with Crippen molar-refractivity contribution in [3.8, 4) is 5.88 Å². The summed E-state index contributed by atoms with van der Waals surface area (Å²) in [5.74, 6) is 0.318. The molecule has 1 aromatic carbocycles. The largest absolute Gasteiger partial charge is 0.481 e. The van der Waals surface area contributed by atoms with Crippen LogP contribution in [0.3, 0.4) is 0 Å². The van der Waals surface area contributed by atoms with Crippen LogP contribution in [0.4, 0.5) is 5.82 Å². The van der Waals surface area contributed by atoms with Gasteiger partial charge in [-0.05, 0) is 12.5 Å². The van der Waals surface area contributed by atoms with Gasteiger partial charge in [0.1, 0.15) is 11.6 Å². The molecule has 0 aliphatic heterocycles.